The predicted molar refractivity (Wildman–Crippen MR) is 257 cm³/mol. The Kier molecular flexibility index (Phi) is 15.4. The van der Waals surface area contributed by atoms with Gasteiger partial charge in [0.25, 0.3) is 5.91 Å². The quantitative estimate of drug-likeness (QED) is 0.0507. The molecule has 0 spiro atoms. The van der Waals surface area contributed by atoms with E-state index in [2.05, 4.69) is 59.0 Å². The summed E-state index contributed by atoms with van der Waals surface area (Å²) >= 11 is 17.5. The Labute approximate surface area is 400 Å². The number of aromatic nitrogens is 2. The number of carbonyl (C=O) groups excluding carboxylic acids is 4. The fourth-order valence-corrected chi connectivity index (χ4v) is 9.09. The number of alkyl halides is 3. The first-order chi connectivity index (χ1) is 31.7. The van der Waals surface area contributed by atoms with Crippen LogP contribution in [0.15, 0.2) is 146 Å². The number of hydrogen-bond donors (Lipinski definition) is 3. The van der Waals surface area contributed by atoms with Crippen LogP contribution in [0.25, 0.3) is 5.57 Å². The van der Waals surface area contributed by atoms with Gasteiger partial charge in [-0.2, -0.15) is 0 Å². The zero-order valence-corrected chi connectivity index (χ0v) is 39.2. The van der Waals surface area contributed by atoms with Crippen molar-refractivity contribution in [2.75, 3.05) is 19.8 Å². The number of fused-ring (bicyclic) bond motifs is 1. The van der Waals surface area contributed by atoms with Gasteiger partial charge in [0.2, 0.25) is 9.70 Å². The van der Waals surface area contributed by atoms with E-state index in [0.29, 0.717) is 18.5 Å². The molecule has 5 aromatic rings. The number of carbonyl (C=O) groups is 4. The van der Waals surface area contributed by atoms with E-state index in [0.717, 1.165) is 39.0 Å². The van der Waals surface area contributed by atoms with E-state index < -0.39 is 63.9 Å². The number of amides is 3. The molecular formula is C51H53Cl3N6O6. The smallest absolute Gasteiger partial charge is 0.407 e. The fourth-order valence-electron chi connectivity index (χ4n) is 8.93. The number of alkyl carbamates (subject to hydrolysis) is 1. The molecule has 1 fully saturated rings. The van der Waals surface area contributed by atoms with Gasteiger partial charge in [-0.05, 0) is 64.6 Å². The third-order valence-electron chi connectivity index (χ3n) is 12.1. The second kappa shape index (κ2) is 21.1. The number of imidazole rings is 1. The van der Waals surface area contributed by atoms with Crippen LogP contribution in [0.1, 0.15) is 73.0 Å². The first-order valence-corrected chi connectivity index (χ1v) is 23.0. The second-order valence-corrected chi connectivity index (χ2v) is 19.3. The lowest BCUT2D eigenvalue weighted by Gasteiger charge is -2.37. The molecule has 4 aromatic carbocycles. The zero-order chi connectivity index (χ0) is 47.0. The summed E-state index contributed by atoms with van der Waals surface area (Å²) in [7, 11) is 0. The van der Waals surface area contributed by atoms with Crippen LogP contribution in [0.3, 0.4) is 0 Å². The number of halogens is 3. The molecule has 7 rings (SSSR count). The molecule has 3 amide bonds. The lowest BCUT2D eigenvalue weighted by molar-refractivity contribution is -0.153. The van der Waals surface area contributed by atoms with Crippen molar-refractivity contribution in [3.05, 3.63) is 180 Å². The molecule has 0 radical (unpaired) electrons. The van der Waals surface area contributed by atoms with Crippen molar-refractivity contribution < 1.29 is 28.7 Å². The molecule has 1 aliphatic carbocycles. The molecule has 4 unspecified atom stereocenters. The molecule has 1 saturated heterocycles. The molecule has 2 heterocycles. The van der Waals surface area contributed by atoms with Crippen LogP contribution in [-0.4, -0.2) is 80.1 Å². The zero-order valence-electron chi connectivity index (χ0n) is 37.0. The standard InChI is InChI=1S/C51H53Cl3N6O6/c1-5-39-34(4)40-24-15-16-25-41(40)42(39)30-65-49(64)57-45(33(2)3)46(61)56-44(47(62)60-27-17-26-43(58-60)48(63)66-31-50(52,53)54)28-38-29-59(32-55-38)51(35-18-9-6-10-19-35,36-20-11-7-12-21-36)37-22-13-8-14-23-37/h5-16,18-25,29,32-33,42-45,58H,1,17,26-28,30-31H2,2-4H3,(H,56,61)(H,57,64). The summed E-state index contributed by atoms with van der Waals surface area (Å²) in [6.45, 7) is 9.35. The summed E-state index contributed by atoms with van der Waals surface area (Å²) in [6.07, 6.45) is 5.33. The monoisotopic (exact) mass is 950 g/mol. The number of ether oxygens (including phenoxy) is 2. The van der Waals surface area contributed by atoms with Crippen LogP contribution in [0.2, 0.25) is 0 Å². The summed E-state index contributed by atoms with van der Waals surface area (Å²) in [5, 5.41) is 6.99. The highest BCUT2D eigenvalue weighted by Crippen LogP contribution is 2.43. The number of hydrazine groups is 1. The van der Waals surface area contributed by atoms with Crippen LogP contribution < -0.4 is 16.1 Å². The van der Waals surface area contributed by atoms with Crippen molar-refractivity contribution in [1.29, 1.82) is 0 Å². The molecule has 0 saturated carbocycles. The Balaban J connectivity index is 1.17. The minimum Gasteiger partial charge on any atom is -0.460 e. The number of benzene rings is 4. The summed E-state index contributed by atoms with van der Waals surface area (Å²) in [4.78, 5) is 60.6. The third-order valence-corrected chi connectivity index (χ3v) is 12.4. The van der Waals surface area contributed by atoms with E-state index in [1.807, 2.05) is 96.6 Å². The van der Waals surface area contributed by atoms with Gasteiger partial charge in [0.1, 0.15) is 36.9 Å². The van der Waals surface area contributed by atoms with Crippen molar-refractivity contribution in [1.82, 2.24) is 30.6 Å². The topological polar surface area (TPSA) is 144 Å². The van der Waals surface area contributed by atoms with Gasteiger partial charge in [0.05, 0.1) is 12.0 Å². The molecule has 2 aliphatic rings. The first kappa shape index (κ1) is 48.0. The summed E-state index contributed by atoms with van der Waals surface area (Å²) < 4.78 is 11.2. The SMILES string of the molecule is C=CC1=C(C)c2ccccc2C1COC(=O)NC(C(=O)NC(Cc1cn(C(c2ccccc2)(c2ccccc2)c2ccccc2)cn1)C(=O)N1CCCC(C(=O)OCC(Cl)(Cl)Cl)N1)C(C)C. The minimum absolute atomic E-state index is 0.0278. The normalized spacial score (nSPS) is 17.1. The average Bonchev–Trinajstić information content (AvgIpc) is 3.91. The van der Waals surface area contributed by atoms with E-state index in [-0.39, 0.29) is 25.5 Å². The van der Waals surface area contributed by atoms with Crippen molar-refractivity contribution in [2.24, 2.45) is 5.92 Å². The average molecular weight is 952 g/mol. The highest BCUT2D eigenvalue weighted by molar-refractivity contribution is 6.67. The number of rotatable bonds is 16. The maximum Gasteiger partial charge on any atom is 0.407 e. The molecule has 1 aliphatic heterocycles. The molecular weight excluding hydrogens is 899 g/mol. The minimum atomic E-state index is -1.82. The molecule has 1 aromatic heterocycles. The molecule has 3 N–H and O–H groups in total. The van der Waals surface area contributed by atoms with Crippen molar-refractivity contribution in [2.45, 2.75) is 73.4 Å². The lowest BCUT2D eigenvalue weighted by Crippen LogP contribution is -2.62. The molecule has 15 heteroatoms. The number of nitrogens with one attached hydrogen (secondary N) is 3. The predicted octanol–water partition coefficient (Wildman–Crippen LogP) is 8.67. The highest BCUT2D eigenvalue weighted by atomic mass is 35.6. The maximum atomic E-state index is 14.7. The Morgan fingerprint density at radius 1 is 0.864 bits per heavy atom. The number of esters is 1. The first-order valence-electron chi connectivity index (χ1n) is 21.9. The summed E-state index contributed by atoms with van der Waals surface area (Å²) in [5.74, 6) is -2.49. The van der Waals surface area contributed by atoms with Crippen LogP contribution in [0.5, 0.6) is 0 Å². The van der Waals surface area contributed by atoms with Crippen LogP contribution in [0, 0.1) is 5.92 Å². The Morgan fingerprint density at radius 2 is 1.45 bits per heavy atom. The lowest BCUT2D eigenvalue weighted by atomic mass is 9.77. The van der Waals surface area contributed by atoms with E-state index >= 15 is 0 Å². The largest absolute Gasteiger partial charge is 0.460 e. The van der Waals surface area contributed by atoms with Gasteiger partial charge < -0.3 is 24.7 Å². The molecule has 0 bridgehead atoms. The van der Waals surface area contributed by atoms with Gasteiger partial charge in [0.15, 0.2) is 0 Å². The van der Waals surface area contributed by atoms with E-state index in [4.69, 9.17) is 49.3 Å². The van der Waals surface area contributed by atoms with Gasteiger partial charge >= 0.3 is 12.1 Å². The van der Waals surface area contributed by atoms with Gasteiger partial charge in [-0.15, -0.1) is 0 Å². The highest BCUT2D eigenvalue weighted by Gasteiger charge is 2.40. The van der Waals surface area contributed by atoms with Crippen LogP contribution >= 0.6 is 34.8 Å². The van der Waals surface area contributed by atoms with E-state index in [9.17, 15) is 19.2 Å². The molecule has 4 atom stereocenters. The third kappa shape index (κ3) is 10.7. The molecule has 344 valence electrons. The Hall–Kier alpha value is -5.92. The van der Waals surface area contributed by atoms with Crippen molar-refractivity contribution in [3.8, 4) is 0 Å². The van der Waals surface area contributed by atoms with Crippen LogP contribution in [-0.2, 0) is 35.8 Å². The van der Waals surface area contributed by atoms with Crippen molar-refractivity contribution >= 4 is 64.3 Å². The van der Waals surface area contributed by atoms with Crippen molar-refractivity contribution in [3.63, 3.8) is 0 Å². The van der Waals surface area contributed by atoms with Gasteiger partial charge in [-0.3, -0.25) is 19.4 Å². The van der Waals surface area contributed by atoms with Gasteiger partial charge in [-0.1, -0.05) is 177 Å². The number of nitrogens with zero attached hydrogens (tertiary/aromatic N) is 3. The van der Waals surface area contributed by atoms with E-state index in [1.165, 1.54) is 5.01 Å². The molecule has 66 heavy (non-hydrogen) atoms. The summed E-state index contributed by atoms with van der Waals surface area (Å²) in [5.41, 5.74) is 9.61. The second-order valence-electron chi connectivity index (χ2n) is 16.8. The van der Waals surface area contributed by atoms with E-state index in [1.54, 1.807) is 26.3 Å². The number of hydrogen-bond acceptors (Lipinski definition) is 8. The Bertz CT molecular complexity index is 2450. The summed E-state index contributed by atoms with van der Waals surface area (Å²) in [6, 6.07) is 34.9. The van der Waals surface area contributed by atoms with Gasteiger partial charge in [-0.25, -0.2) is 15.2 Å². The molecule has 12 nitrogen and oxygen atoms in total. The fraction of sp³-hybridized carbons (Fsp3) is 0.314. The van der Waals surface area contributed by atoms with Gasteiger partial charge in [0, 0.05) is 25.1 Å². The van der Waals surface area contributed by atoms with Crippen LogP contribution in [0.4, 0.5) is 4.79 Å². The number of allylic oxidation sites excluding steroid dienone is 2. The maximum absolute atomic E-state index is 14.7. The Morgan fingerprint density at radius 3 is 2.03 bits per heavy atom.